The molecule has 0 aromatic carbocycles. The number of nitrogens with one attached hydrogen (secondary N) is 1. The van der Waals surface area contributed by atoms with E-state index in [1.165, 1.54) is 19.5 Å². The van der Waals surface area contributed by atoms with E-state index in [9.17, 15) is 0 Å². The molecule has 0 aliphatic heterocycles. The Balaban J connectivity index is 3.17. The molecule has 1 unspecified atom stereocenters. The van der Waals surface area contributed by atoms with Crippen molar-refractivity contribution >= 4 is 8.73 Å². The van der Waals surface area contributed by atoms with Crippen LogP contribution in [0.1, 0.15) is 27.2 Å². The summed E-state index contributed by atoms with van der Waals surface area (Å²) in [6, 6.07) is 0.629. The molecule has 3 heteroatoms. The van der Waals surface area contributed by atoms with E-state index in [0.717, 1.165) is 15.3 Å². The largest absolute Gasteiger partial charge is 0.314 e. The van der Waals surface area contributed by atoms with Gasteiger partial charge in [-0.2, -0.15) is 0 Å². The fourth-order valence-corrected chi connectivity index (χ4v) is 1.79. The third kappa shape index (κ3) is 7.02. The van der Waals surface area contributed by atoms with Gasteiger partial charge < -0.3 is 5.32 Å². The first-order valence-corrected chi connectivity index (χ1v) is 6.31. The molecule has 0 bridgehead atoms. The minimum Gasteiger partial charge on any atom is -0.314 e. The molecule has 12 heavy (non-hydrogen) atoms. The molecular weight excluding hydrogens is 167 g/mol. The average molecular weight is 190 g/mol. The highest BCUT2D eigenvalue weighted by molar-refractivity contribution is 7.34. The molecule has 1 N–H and O–H groups in total. The van der Waals surface area contributed by atoms with Crippen molar-refractivity contribution in [2.24, 2.45) is 0 Å². The lowest BCUT2D eigenvalue weighted by Gasteiger charge is -2.18. The highest BCUT2D eigenvalue weighted by atomic mass is 31.1. The molecule has 2 nitrogen and oxygen atoms in total. The standard InChI is InChI=1S/C9H23N2P/c1-5-11(12-4)8-6-7-10-9(2)3/h9-10,12H,5-8H2,1-4H3. The van der Waals surface area contributed by atoms with Gasteiger partial charge in [-0.3, -0.25) is 4.67 Å². The second-order valence-electron chi connectivity index (χ2n) is 3.27. The molecule has 0 fully saturated rings. The topological polar surface area (TPSA) is 15.3 Å². The SMILES string of the molecule is CCN(CCCNC(C)C)PC. The van der Waals surface area contributed by atoms with Crippen LogP contribution in [-0.4, -0.2) is 37.0 Å². The zero-order chi connectivity index (χ0) is 9.40. The predicted molar refractivity (Wildman–Crippen MR) is 59.2 cm³/mol. The minimum atomic E-state index is 0.629. The fourth-order valence-electron chi connectivity index (χ4n) is 1.09. The molecule has 0 saturated carbocycles. The Morgan fingerprint density at radius 2 is 2.08 bits per heavy atom. The third-order valence-electron chi connectivity index (χ3n) is 1.86. The average Bonchev–Trinajstić information content (AvgIpc) is 2.04. The monoisotopic (exact) mass is 190 g/mol. The Morgan fingerprint density at radius 1 is 1.42 bits per heavy atom. The first-order valence-electron chi connectivity index (χ1n) is 4.86. The van der Waals surface area contributed by atoms with Crippen LogP contribution < -0.4 is 5.32 Å². The molecule has 0 aliphatic rings. The summed E-state index contributed by atoms with van der Waals surface area (Å²) in [7, 11) is 0.960. The molecule has 0 radical (unpaired) electrons. The van der Waals surface area contributed by atoms with Crippen LogP contribution in [0.15, 0.2) is 0 Å². The van der Waals surface area contributed by atoms with E-state index >= 15 is 0 Å². The Morgan fingerprint density at radius 3 is 2.50 bits per heavy atom. The van der Waals surface area contributed by atoms with Gasteiger partial charge in [-0.25, -0.2) is 0 Å². The van der Waals surface area contributed by atoms with Crippen LogP contribution in [0.4, 0.5) is 0 Å². The quantitative estimate of drug-likeness (QED) is 0.487. The first-order chi connectivity index (χ1) is 5.70. The lowest BCUT2D eigenvalue weighted by molar-refractivity contribution is 0.455. The molecule has 0 spiro atoms. The summed E-state index contributed by atoms with van der Waals surface area (Å²) in [6.45, 7) is 12.4. The maximum Gasteiger partial charge on any atom is 0.00305 e. The van der Waals surface area contributed by atoms with Gasteiger partial charge in [-0.15, -0.1) is 0 Å². The van der Waals surface area contributed by atoms with Gasteiger partial charge in [0.2, 0.25) is 0 Å². The summed E-state index contributed by atoms with van der Waals surface area (Å²) in [5, 5.41) is 3.43. The molecule has 0 aromatic rings. The van der Waals surface area contributed by atoms with E-state index in [0.29, 0.717) is 6.04 Å². The molecule has 0 amide bonds. The molecule has 0 aliphatic carbocycles. The van der Waals surface area contributed by atoms with Crippen LogP contribution in [0.5, 0.6) is 0 Å². The molecule has 0 rings (SSSR count). The van der Waals surface area contributed by atoms with Crippen molar-refractivity contribution in [1.82, 2.24) is 9.99 Å². The van der Waals surface area contributed by atoms with Crippen LogP contribution in [0.2, 0.25) is 0 Å². The van der Waals surface area contributed by atoms with E-state index in [1.54, 1.807) is 0 Å². The zero-order valence-corrected chi connectivity index (χ0v) is 9.85. The van der Waals surface area contributed by atoms with Crippen LogP contribution >= 0.6 is 8.73 Å². The normalized spacial score (nSPS) is 12.5. The van der Waals surface area contributed by atoms with Gasteiger partial charge in [0.15, 0.2) is 0 Å². The molecular formula is C9H23N2P. The number of hydrogen-bond donors (Lipinski definition) is 1. The number of hydrogen-bond acceptors (Lipinski definition) is 2. The Labute approximate surface area is 78.9 Å². The van der Waals surface area contributed by atoms with Crippen LogP contribution in [0, 0.1) is 0 Å². The van der Waals surface area contributed by atoms with E-state index in [2.05, 4.69) is 37.4 Å². The predicted octanol–water partition coefficient (Wildman–Crippen LogP) is 1.92. The van der Waals surface area contributed by atoms with Crippen molar-refractivity contribution in [1.29, 1.82) is 0 Å². The Kier molecular flexibility index (Phi) is 8.20. The van der Waals surface area contributed by atoms with Crippen molar-refractivity contribution in [2.75, 3.05) is 26.3 Å². The van der Waals surface area contributed by atoms with Gasteiger partial charge in [0, 0.05) is 12.6 Å². The van der Waals surface area contributed by atoms with Gasteiger partial charge in [-0.05, 0) is 26.2 Å². The third-order valence-corrected chi connectivity index (χ3v) is 3.03. The summed E-state index contributed by atoms with van der Waals surface area (Å²) >= 11 is 0. The van der Waals surface area contributed by atoms with Crippen molar-refractivity contribution in [3.63, 3.8) is 0 Å². The molecule has 0 saturated heterocycles. The molecule has 0 aromatic heterocycles. The van der Waals surface area contributed by atoms with E-state index < -0.39 is 0 Å². The van der Waals surface area contributed by atoms with Gasteiger partial charge in [0.25, 0.3) is 0 Å². The molecule has 74 valence electrons. The summed E-state index contributed by atoms with van der Waals surface area (Å²) in [5.74, 6) is 0. The second-order valence-corrected chi connectivity index (χ2v) is 4.35. The zero-order valence-electron chi connectivity index (χ0n) is 8.85. The van der Waals surface area contributed by atoms with E-state index in [-0.39, 0.29) is 0 Å². The Hall–Kier alpha value is 0.350. The summed E-state index contributed by atoms with van der Waals surface area (Å²) in [4.78, 5) is 0. The second kappa shape index (κ2) is 7.97. The Bertz CT molecular complexity index is 92.5. The molecule has 1 atom stereocenters. The van der Waals surface area contributed by atoms with Crippen LogP contribution in [-0.2, 0) is 0 Å². The smallest absolute Gasteiger partial charge is 0.00305 e. The van der Waals surface area contributed by atoms with Crippen LogP contribution in [0.25, 0.3) is 0 Å². The summed E-state index contributed by atoms with van der Waals surface area (Å²) < 4.78 is 2.49. The first kappa shape index (κ1) is 12.3. The van der Waals surface area contributed by atoms with Crippen molar-refractivity contribution in [3.05, 3.63) is 0 Å². The lowest BCUT2D eigenvalue weighted by atomic mass is 10.3. The van der Waals surface area contributed by atoms with Crippen molar-refractivity contribution in [2.45, 2.75) is 33.2 Å². The maximum atomic E-state index is 3.43. The lowest BCUT2D eigenvalue weighted by Crippen LogP contribution is -2.26. The highest BCUT2D eigenvalue weighted by Crippen LogP contribution is 2.11. The van der Waals surface area contributed by atoms with Crippen molar-refractivity contribution in [3.8, 4) is 0 Å². The minimum absolute atomic E-state index is 0.629. The van der Waals surface area contributed by atoms with Crippen molar-refractivity contribution < 1.29 is 0 Å². The van der Waals surface area contributed by atoms with Gasteiger partial charge in [0.1, 0.15) is 0 Å². The maximum absolute atomic E-state index is 3.43. The van der Waals surface area contributed by atoms with E-state index in [1.807, 2.05) is 0 Å². The number of nitrogens with zero attached hydrogens (tertiary/aromatic N) is 1. The fraction of sp³-hybridized carbons (Fsp3) is 1.00. The van der Waals surface area contributed by atoms with E-state index in [4.69, 9.17) is 0 Å². The van der Waals surface area contributed by atoms with Gasteiger partial charge >= 0.3 is 0 Å². The number of rotatable bonds is 7. The van der Waals surface area contributed by atoms with Gasteiger partial charge in [0.05, 0.1) is 0 Å². The molecule has 0 heterocycles. The summed E-state index contributed by atoms with van der Waals surface area (Å²) in [5.41, 5.74) is 0. The van der Waals surface area contributed by atoms with Gasteiger partial charge in [-0.1, -0.05) is 29.5 Å². The highest BCUT2D eigenvalue weighted by Gasteiger charge is 1.97. The summed E-state index contributed by atoms with van der Waals surface area (Å²) in [6.07, 6.45) is 1.27. The van der Waals surface area contributed by atoms with Crippen LogP contribution in [0.3, 0.4) is 0 Å².